The molecule has 1 aromatic carbocycles. The van der Waals surface area contributed by atoms with Gasteiger partial charge in [-0.05, 0) is 38.5 Å². The summed E-state index contributed by atoms with van der Waals surface area (Å²) in [6.07, 6.45) is 2.00. The molecule has 21 heavy (non-hydrogen) atoms. The van der Waals surface area contributed by atoms with Crippen molar-refractivity contribution in [2.45, 2.75) is 18.9 Å². The van der Waals surface area contributed by atoms with Gasteiger partial charge in [0.05, 0.1) is 6.04 Å². The molecule has 0 spiro atoms. The van der Waals surface area contributed by atoms with Gasteiger partial charge in [-0.25, -0.2) is 0 Å². The number of hydrogen-bond acceptors (Lipinski definition) is 3. The van der Waals surface area contributed by atoms with Crippen molar-refractivity contribution < 1.29 is 4.79 Å². The Morgan fingerprint density at radius 3 is 2.57 bits per heavy atom. The Hall–Kier alpha value is -1.39. The van der Waals surface area contributed by atoms with Gasteiger partial charge in [0, 0.05) is 25.6 Å². The summed E-state index contributed by atoms with van der Waals surface area (Å²) in [5.41, 5.74) is 1.24. The van der Waals surface area contributed by atoms with E-state index in [9.17, 15) is 4.79 Å². The number of rotatable bonds is 2. The van der Waals surface area contributed by atoms with Crippen LogP contribution in [0.3, 0.4) is 0 Å². The molecule has 3 rings (SSSR count). The van der Waals surface area contributed by atoms with Gasteiger partial charge in [-0.15, -0.1) is 0 Å². The molecule has 2 heterocycles. The minimum Gasteiger partial charge on any atom is -0.333 e. The molecule has 1 aromatic rings. The fourth-order valence-corrected chi connectivity index (χ4v) is 3.43. The summed E-state index contributed by atoms with van der Waals surface area (Å²) in [5, 5.41) is 3.43. The van der Waals surface area contributed by atoms with Crippen molar-refractivity contribution in [3.05, 3.63) is 35.9 Å². The summed E-state index contributed by atoms with van der Waals surface area (Å²) in [6.45, 7) is 4.67. The van der Waals surface area contributed by atoms with Crippen molar-refractivity contribution in [2.75, 3.05) is 39.8 Å². The maximum Gasteiger partial charge on any atom is 0.226 e. The van der Waals surface area contributed by atoms with E-state index in [1.165, 1.54) is 5.56 Å². The molecule has 0 aliphatic carbocycles. The number of nitrogens with one attached hydrogen (secondary N) is 1. The zero-order chi connectivity index (χ0) is 14.7. The summed E-state index contributed by atoms with van der Waals surface area (Å²) < 4.78 is 0. The van der Waals surface area contributed by atoms with Gasteiger partial charge in [-0.1, -0.05) is 30.3 Å². The van der Waals surface area contributed by atoms with Crippen molar-refractivity contribution >= 4 is 5.91 Å². The van der Waals surface area contributed by atoms with Gasteiger partial charge < -0.3 is 15.1 Å². The first kappa shape index (κ1) is 14.5. The summed E-state index contributed by atoms with van der Waals surface area (Å²) >= 11 is 0. The van der Waals surface area contributed by atoms with Crippen LogP contribution in [0.1, 0.15) is 24.4 Å². The average molecular weight is 287 g/mol. The van der Waals surface area contributed by atoms with Gasteiger partial charge in [0.15, 0.2) is 0 Å². The van der Waals surface area contributed by atoms with Crippen LogP contribution in [0.25, 0.3) is 0 Å². The van der Waals surface area contributed by atoms with Crippen LogP contribution in [0.15, 0.2) is 30.3 Å². The van der Waals surface area contributed by atoms with Crippen LogP contribution in [-0.4, -0.2) is 55.5 Å². The number of carbonyl (C=O) groups is 1. The SMILES string of the molecule is CN1CCC(C(=O)N2CCNC[C@H]2c2ccccc2)CC1. The molecule has 0 unspecified atom stereocenters. The second-order valence-corrected chi connectivity index (χ2v) is 6.24. The van der Waals surface area contributed by atoms with Gasteiger partial charge >= 0.3 is 0 Å². The highest BCUT2D eigenvalue weighted by Gasteiger charge is 2.33. The molecular formula is C17H25N3O. The van der Waals surface area contributed by atoms with E-state index in [1.54, 1.807) is 0 Å². The maximum absolute atomic E-state index is 12.9. The molecule has 0 saturated carbocycles. The van der Waals surface area contributed by atoms with Crippen molar-refractivity contribution in [2.24, 2.45) is 5.92 Å². The van der Waals surface area contributed by atoms with E-state index < -0.39 is 0 Å². The number of hydrogen-bond donors (Lipinski definition) is 1. The van der Waals surface area contributed by atoms with E-state index >= 15 is 0 Å². The van der Waals surface area contributed by atoms with Crippen LogP contribution >= 0.6 is 0 Å². The van der Waals surface area contributed by atoms with E-state index in [1.807, 2.05) is 6.07 Å². The first-order chi connectivity index (χ1) is 10.3. The molecule has 4 nitrogen and oxygen atoms in total. The third kappa shape index (κ3) is 3.27. The lowest BCUT2D eigenvalue weighted by Crippen LogP contribution is -2.51. The van der Waals surface area contributed by atoms with E-state index in [0.29, 0.717) is 5.91 Å². The highest BCUT2D eigenvalue weighted by Crippen LogP contribution is 2.27. The quantitative estimate of drug-likeness (QED) is 0.895. The lowest BCUT2D eigenvalue weighted by Gasteiger charge is -2.40. The van der Waals surface area contributed by atoms with Crippen LogP contribution < -0.4 is 5.32 Å². The van der Waals surface area contributed by atoms with Gasteiger partial charge in [-0.2, -0.15) is 0 Å². The summed E-state index contributed by atoms with van der Waals surface area (Å²) in [7, 11) is 2.14. The number of likely N-dealkylation sites (tertiary alicyclic amines) is 1. The van der Waals surface area contributed by atoms with Crippen molar-refractivity contribution in [3.63, 3.8) is 0 Å². The average Bonchev–Trinajstić information content (AvgIpc) is 2.56. The van der Waals surface area contributed by atoms with E-state index in [4.69, 9.17) is 0 Å². The molecule has 2 aliphatic heterocycles. The van der Waals surface area contributed by atoms with Gasteiger partial charge in [-0.3, -0.25) is 4.79 Å². The first-order valence-corrected chi connectivity index (χ1v) is 8.00. The second kappa shape index (κ2) is 6.58. The van der Waals surface area contributed by atoms with Gasteiger partial charge in [0.25, 0.3) is 0 Å². The van der Waals surface area contributed by atoms with Crippen molar-refractivity contribution in [1.82, 2.24) is 15.1 Å². The van der Waals surface area contributed by atoms with Crippen molar-refractivity contribution in [3.8, 4) is 0 Å². The largest absolute Gasteiger partial charge is 0.333 e. The van der Waals surface area contributed by atoms with Crippen molar-refractivity contribution in [1.29, 1.82) is 0 Å². The molecule has 0 radical (unpaired) electrons. The summed E-state index contributed by atoms with van der Waals surface area (Å²) in [6, 6.07) is 10.6. The highest BCUT2D eigenvalue weighted by atomic mass is 16.2. The molecule has 1 N–H and O–H groups in total. The monoisotopic (exact) mass is 287 g/mol. The Kier molecular flexibility index (Phi) is 4.56. The lowest BCUT2D eigenvalue weighted by atomic mass is 9.93. The number of amides is 1. The Labute approximate surface area is 127 Å². The van der Waals surface area contributed by atoms with Crippen LogP contribution in [0.2, 0.25) is 0 Å². The minimum atomic E-state index is 0.187. The third-order valence-electron chi connectivity index (χ3n) is 4.78. The Bertz CT molecular complexity index is 468. The molecule has 0 bridgehead atoms. The Morgan fingerprint density at radius 1 is 1.14 bits per heavy atom. The highest BCUT2D eigenvalue weighted by molar-refractivity contribution is 5.79. The van der Waals surface area contributed by atoms with Gasteiger partial charge in [0.2, 0.25) is 5.91 Å². The molecule has 0 aromatic heterocycles. The number of benzene rings is 1. The Morgan fingerprint density at radius 2 is 1.86 bits per heavy atom. The van der Waals surface area contributed by atoms with Crippen LogP contribution in [0, 0.1) is 5.92 Å². The first-order valence-electron chi connectivity index (χ1n) is 8.00. The molecule has 2 aliphatic rings. The van der Waals surface area contributed by atoms with Crippen LogP contribution in [0.5, 0.6) is 0 Å². The molecule has 4 heteroatoms. The Balaban J connectivity index is 1.73. The standard InChI is InChI=1S/C17H25N3O/c1-19-10-7-15(8-11-19)17(21)20-12-9-18-13-16(20)14-5-3-2-4-6-14/h2-6,15-16,18H,7-13H2,1H3/t16-/m0/s1. The zero-order valence-electron chi connectivity index (χ0n) is 12.8. The number of carbonyl (C=O) groups excluding carboxylic acids is 1. The predicted molar refractivity (Wildman–Crippen MR) is 84.0 cm³/mol. The molecule has 114 valence electrons. The normalized spacial score (nSPS) is 25.0. The predicted octanol–water partition coefficient (Wildman–Crippen LogP) is 1.50. The number of piperidine rings is 1. The topological polar surface area (TPSA) is 35.6 Å². The van der Waals surface area contributed by atoms with E-state index in [-0.39, 0.29) is 12.0 Å². The van der Waals surface area contributed by atoms with Crippen LogP contribution in [-0.2, 0) is 4.79 Å². The maximum atomic E-state index is 12.9. The molecule has 2 saturated heterocycles. The van der Waals surface area contributed by atoms with Gasteiger partial charge in [0.1, 0.15) is 0 Å². The molecular weight excluding hydrogens is 262 g/mol. The third-order valence-corrected chi connectivity index (χ3v) is 4.78. The minimum absolute atomic E-state index is 0.187. The molecule has 1 atom stereocenters. The molecule has 2 fully saturated rings. The fourth-order valence-electron chi connectivity index (χ4n) is 3.43. The van der Waals surface area contributed by atoms with Crippen LogP contribution in [0.4, 0.5) is 0 Å². The van der Waals surface area contributed by atoms with E-state index in [2.05, 4.69) is 46.4 Å². The van der Waals surface area contributed by atoms with E-state index in [0.717, 1.165) is 45.6 Å². The number of nitrogens with zero attached hydrogens (tertiary/aromatic N) is 2. The summed E-state index contributed by atoms with van der Waals surface area (Å²) in [5.74, 6) is 0.573. The molecule has 1 amide bonds. The lowest BCUT2D eigenvalue weighted by molar-refractivity contribution is -0.140. The smallest absolute Gasteiger partial charge is 0.226 e. The second-order valence-electron chi connectivity index (χ2n) is 6.24. The summed E-state index contributed by atoms with van der Waals surface area (Å²) in [4.78, 5) is 17.4. The zero-order valence-corrected chi connectivity index (χ0v) is 12.8. The fraction of sp³-hybridized carbons (Fsp3) is 0.588. The number of piperazine rings is 1.